The third kappa shape index (κ3) is 5.37. The number of hydrogen-bond donors (Lipinski definition) is 1. The van der Waals surface area contributed by atoms with Crippen LogP contribution in [0.3, 0.4) is 0 Å². The number of nitrogens with zero attached hydrogens (tertiary/aromatic N) is 5. The number of nitrogens with one attached hydrogen (secondary N) is 1. The number of amides is 2. The van der Waals surface area contributed by atoms with E-state index in [9.17, 15) is 14.0 Å². The highest BCUT2D eigenvalue weighted by Gasteiger charge is 2.22. The van der Waals surface area contributed by atoms with Gasteiger partial charge in [0, 0.05) is 50.0 Å². The highest BCUT2D eigenvalue weighted by Crippen LogP contribution is 2.25. The van der Waals surface area contributed by atoms with E-state index >= 15 is 0 Å². The van der Waals surface area contributed by atoms with Gasteiger partial charge >= 0.3 is 6.03 Å². The molecule has 3 heterocycles. The number of ether oxygens (including phenoxy) is 1. The van der Waals surface area contributed by atoms with Gasteiger partial charge in [-0.05, 0) is 43.3 Å². The van der Waals surface area contributed by atoms with Crippen LogP contribution in [-0.2, 0) is 6.54 Å². The lowest BCUT2D eigenvalue weighted by Crippen LogP contribution is -2.49. The number of rotatable bonds is 6. The summed E-state index contributed by atoms with van der Waals surface area (Å²) in [6.07, 6.45) is 0. The van der Waals surface area contributed by atoms with Crippen LogP contribution < -0.4 is 15.6 Å². The summed E-state index contributed by atoms with van der Waals surface area (Å²) in [5.74, 6) is 0.402. The van der Waals surface area contributed by atoms with E-state index in [1.807, 2.05) is 31.2 Å². The zero-order valence-corrected chi connectivity index (χ0v) is 20.5. The number of hydrogen-bond acceptors (Lipinski definition) is 7. The molecule has 0 unspecified atom stereocenters. The van der Waals surface area contributed by atoms with Crippen molar-refractivity contribution in [2.24, 2.45) is 0 Å². The van der Waals surface area contributed by atoms with Crippen LogP contribution in [0.5, 0.6) is 5.75 Å². The van der Waals surface area contributed by atoms with Crippen molar-refractivity contribution in [1.29, 1.82) is 0 Å². The van der Waals surface area contributed by atoms with Gasteiger partial charge in [0.2, 0.25) is 4.96 Å². The van der Waals surface area contributed by atoms with Crippen molar-refractivity contribution < 1.29 is 13.9 Å². The Labute approximate surface area is 210 Å². The Morgan fingerprint density at radius 2 is 1.89 bits per heavy atom. The van der Waals surface area contributed by atoms with Crippen molar-refractivity contribution in [1.82, 2.24) is 24.4 Å². The molecule has 0 saturated carbocycles. The van der Waals surface area contributed by atoms with Gasteiger partial charge in [-0.1, -0.05) is 23.5 Å². The number of carbonyl (C=O) groups is 1. The van der Waals surface area contributed by atoms with E-state index in [1.165, 1.54) is 34.1 Å². The average Bonchev–Trinajstić information content (AvgIpc) is 3.31. The molecule has 186 valence electrons. The van der Waals surface area contributed by atoms with Crippen molar-refractivity contribution >= 4 is 28.0 Å². The Kier molecular flexibility index (Phi) is 6.92. The molecule has 9 nitrogen and oxygen atoms in total. The van der Waals surface area contributed by atoms with Gasteiger partial charge < -0.3 is 15.0 Å². The third-order valence-corrected chi connectivity index (χ3v) is 6.79. The summed E-state index contributed by atoms with van der Waals surface area (Å²) in [5, 5.41) is 7.76. The smallest absolute Gasteiger partial charge is 0.321 e. The summed E-state index contributed by atoms with van der Waals surface area (Å²) in [6, 6.07) is 14.7. The van der Waals surface area contributed by atoms with Crippen LogP contribution in [0, 0.1) is 5.82 Å². The number of halogens is 1. The minimum absolute atomic E-state index is 0.147. The second kappa shape index (κ2) is 10.4. The molecule has 0 aliphatic carbocycles. The van der Waals surface area contributed by atoms with Gasteiger partial charge in [0.05, 0.1) is 12.3 Å². The van der Waals surface area contributed by atoms with Crippen molar-refractivity contribution in [2.75, 3.05) is 38.1 Å². The molecule has 5 rings (SSSR count). The molecule has 0 radical (unpaired) electrons. The molecule has 0 spiro atoms. The Morgan fingerprint density at radius 3 is 2.61 bits per heavy atom. The van der Waals surface area contributed by atoms with Gasteiger partial charge in [-0.15, -0.1) is 0 Å². The standard InChI is InChI=1S/C25H25FN6O3S/c1-2-35-21-8-6-19(7-9-21)27-24(34)31-12-10-30(11-13-31)16-20-15-22(33)32-25(28-20)36-23(29-32)17-4-3-5-18(26)14-17/h3-9,14-15H,2,10-13,16H2,1H3,(H,27,34). The monoisotopic (exact) mass is 508 g/mol. The van der Waals surface area contributed by atoms with Crippen LogP contribution >= 0.6 is 11.3 Å². The zero-order valence-electron chi connectivity index (χ0n) is 19.7. The second-order valence-corrected chi connectivity index (χ2v) is 9.30. The summed E-state index contributed by atoms with van der Waals surface area (Å²) in [4.78, 5) is 34.3. The van der Waals surface area contributed by atoms with Gasteiger partial charge in [-0.25, -0.2) is 14.2 Å². The minimum Gasteiger partial charge on any atom is -0.494 e. The molecule has 1 N–H and O–H groups in total. The molecule has 1 saturated heterocycles. The fraction of sp³-hybridized carbons (Fsp3) is 0.280. The first kappa shape index (κ1) is 23.9. The highest BCUT2D eigenvalue weighted by molar-refractivity contribution is 7.19. The normalized spacial score (nSPS) is 14.2. The van der Waals surface area contributed by atoms with E-state index in [0.29, 0.717) is 66.2 Å². The van der Waals surface area contributed by atoms with Crippen molar-refractivity contribution in [3.63, 3.8) is 0 Å². The van der Waals surface area contributed by atoms with Crippen molar-refractivity contribution in [3.05, 3.63) is 76.5 Å². The average molecular weight is 509 g/mol. The zero-order chi connectivity index (χ0) is 25.1. The summed E-state index contributed by atoms with van der Waals surface area (Å²) < 4.78 is 20.3. The first-order valence-corrected chi connectivity index (χ1v) is 12.5. The number of anilines is 1. The van der Waals surface area contributed by atoms with E-state index in [0.717, 1.165) is 5.75 Å². The maximum absolute atomic E-state index is 13.6. The topological polar surface area (TPSA) is 92.1 Å². The van der Waals surface area contributed by atoms with Gasteiger partial charge in [-0.2, -0.15) is 9.61 Å². The molecule has 1 aliphatic rings. The highest BCUT2D eigenvalue weighted by atomic mass is 32.1. The first-order valence-electron chi connectivity index (χ1n) is 11.7. The Bertz CT molecular complexity index is 1430. The van der Waals surface area contributed by atoms with Crippen LogP contribution in [0.4, 0.5) is 14.9 Å². The van der Waals surface area contributed by atoms with E-state index in [4.69, 9.17) is 4.74 Å². The lowest BCUT2D eigenvalue weighted by atomic mass is 10.2. The number of piperazine rings is 1. The fourth-order valence-corrected chi connectivity index (χ4v) is 4.94. The predicted octanol–water partition coefficient (Wildman–Crippen LogP) is 3.71. The number of fused-ring (bicyclic) bond motifs is 1. The predicted molar refractivity (Wildman–Crippen MR) is 136 cm³/mol. The largest absolute Gasteiger partial charge is 0.494 e. The second-order valence-electron chi connectivity index (χ2n) is 8.35. The number of benzene rings is 2. The maximum Gasteiger partial charge on any atom is 0.321 e. The van der Waals surface area contributed by atoms with Gasteiger partial charge in [0.1, 0.15) is 16.6 Å². The summed E-state index contributed by atoms with van der Waals surface area (Å²) in [7, 11) is 0. The molecule has 2 amide bonds. The molecular formula is C25H25FN6O3S. The number of aromatic nitrogens is 3. The number of urea groups is 1. The summed E-state index contributed by atoms with van der Waals surface area (Å²) >= 11 is 1.24. The van der Waals surface area contributed by atoms with Crippen molar-refractivity contribution in [3.8, 4) is 16.3 Å². The Hall–Kier alpha value is -3.83. The molecule has 1 fully saturated rings. The molecule has 1 aliphatic heterocycles. The molecule has 0 atom stereocenters. The lowest BCUT2D eigenvalue weighted by molar-refractivity contribution is 0.142. The minimum atomic E-state index is -0.361. The molecule has 2 aromatic carbocycles. The number of carbonyl (C=O) groups excluding carboxylic acids is 1. The van der Waals surface area contributed by atoms with Crippen LogP contribution in [0.1, 0.15) is 12.6 Å². The van der Waals surface area contributed by atoms with Crippen LogP contribution in [0.15, 0.2) is 59.4 Å². The van der Waals surface area contributed by atoms with E-state index < -0.39 is 0 Å². The van der Waals surface area contributed by atoms with Gasteiger partial charge in [0.25, 0.3) is 5.56 Å². The van der Waals surface area contributed by atoms with Crippen LogP contribution in [0.25, 0.3) is 15.5 Å². The quantitative estimate of drug-likeness (QED) is 0.427. The SMILES string of the molecule is CCOc1ccc(NC(=O)N2CCN(Cc3cc(=O)n4nc(-c5cccc(F)c5)sc4n3)CC2)cc1. The maximum atomic E-state index is 13.6. The molecular weight excluding hydrogens is 483 g/mol. The van der Waals surface area contributed by atoms with Crippen LogP contribution in [-0.4, -0.2) is 63.2 Å². The molecule has 2 aromatic heterocycles. The first-order chi connectivity index (χ1) is 17.5. The Balaban J connectivity index is 1.19. The fourth-order valence-electron chi connectivity index (χ4n) is 4.02. The molecule has 36 heavy (non-hydrogen) atoms. The molecule has 11 heteroatoms. The van der Waals surface area contributed by atoms with Gasteiger partial charge in [0.15, 0.2) is 0 Å². The molecule has 4 aromatic rings. The Morgan fingerprint density at radius 1 is 1.11 bits per heavy atom. The van der Waals surface area contributed by atoms with E-state index in [-0.39, 0.29) is 17.4 Å². The summed E-state index contributed by atoms with van der Waals surface area (Å²) in [5.41, 5.74) is 1.68. The lowest BCUT2D eigenvalue weighted by Gasteiger charge is -2.34. The van der Waals surface area contributed by atoms with Crippen LogP contribution in [0.2, 0.25) is 0 Å². The molecule has 0 bridgehead atoms. The van der Waals surface area contributed by atoms with E-state index in [2.05, 4.69) is 20.3 Å². The van der Waals surface area contributed by atoms with Gasteiger partial charge in [-0.3, -0.25) is 9.69 Å². The van der Waals surface area contributed by atoms with E-state index in [1.54, 1.807) is 17.0 Å². The van der Waals surface area contributed by atoms with Crippen molar-refractivity contribution in [2.45, 2.75) is 13.5 Å². The third-order valence-electron chi connectivity index (χ3n) is 5.83. The summed E-state index contributed by atoms with van der Waals surface area (Å²) in [6.45, 7) is 5.46.